The van der Waals surface area contributed by atoms with Crippen LogP contribution in [0.2, 0.25) is 0 Å². The van der Waals surface area contributed by atoms with Crippen molar-refractivity contribution >= 4 is 23.3 Å². The number of nitro benzene ring substituents is 1. The fraction of sp³-hybridized carbons (Fsp3) is 0.381. The largest absolute Gasteiger partial charge is 0.469 e. The van der Waals surface area contributed by atoms with E-state index in [1.54, 1.807) is 26.1 Å². The first-order chi connectivity index (χ1) is 14.3. The van der Waals surface area contributed by atoms with E-state index in [1.165, 1.54) is 30.2 Å². The summed E-state index contributed by atoms with van der Waals surface area (Å²) in [6.07, 6.45) is 1.65. The normalized spacial score (nSPS) is 12.5. The number of nitro groups is 1. The highest BCUT2D eigenvalue weighted by atomic mass is 16.6. The van der Waals surface area contributed by atoms with Crippen molar-refractivity contribution in [1.29, 1.82) is 0 Å². The number of hydrogen-bond donors (Lipinski definition) is 1. The number of rotatable bonds is 9. The summed E-state index contributed by atoms with van der Waals surface area (Å²) in [5.74, 6) is -1.31. The van der Waals surface area contributed by atoms with Crippen molar-refractivity contribution in [1.82, 2.24) is 9.88 Å². The molecule has 1 amide bonds. The van der Waals surface area contributed by atoms with E-state index in [-0.39, 0.29) is 29.7 Å². The van der Waals surface area contributed by atoms with Gasteiger partial charge in [-0.1, -0.05) is 13.0 Å². The number of carbonyl (C=O) groups excluding carboxylic acids is 2. The molecule has 0 bridgehead atoms. The molecule has 0 fully saturated rings. The Kier molecular flexibility index (Phi) is 7.85. The Hall–Kier alpha value is -3.49. The molecule has 1 heterocycles. The van der Waals surface area contributed by atoms with Gasteiger partial charge in [0.1, 0.15) is 5.69 Å². The fourth-order valence-electron chi connectivity index (χ4n) is 3.02. The Morgan fingerprint density at radius 3 is 2.57 bits per heavy atom. The third kappa shape index (κ3) is 5.53. The Morgan fingerprint density at radius 1 is 1.27 bits per heavy atom. The molecule has 30 heavy (non-hydrogen) atoms. The number of benzene rings is 1. The lowest BCUT2D eigenvalue weighted by Gasteiger charge is -2.24. The van der Waals surface area contributed by atoms with Crippen molar-refractivity contribution in [3.05, 3.63) is 64.0 Å². The lowest BCUT2D eigenvalue weighted by molar-refractivity contribution is -0.384. The second-order valence-electron chi connectivity index (χ2n) is 6.88. The quantitative estimate of drug-likeness (QED) is 0.380. The first kappa shape index (κ1) is 22.8. The van der Waals surface area contributed by atoms with Crippen LogP contribution in [0.1, 0.15) is 42.9 Å². The highest BCUT2D eigenvalue weighted by Gasteiger charge is 2.24. The van der Waals surface area contributed by atoms with Crippen LogP contribution in [0.15, 0.2) is 42.6 Å². The molecule has 160 valence electrons. The minimum Gasteiger partial charge on any atom is -0.469 e. The van der Waals surface area contributed by atoms with Gasteiger partial charge >= 0.3 is 5.97 Å². The first-order valence-electron chi connectivity index (χ1n) is 9.61. The fourth-order valence-corrected chi connectivity index (χ4v) is 3.02. The van der Waals surface area contributed by atoms with Gasteiger partial charge in [0.15, 0.2) is 0 Å². The van der Waals surface area contributed by atoms with E-state index in [2.05, 4.69) is 10.3 Å². The van der Waals surface area contributed by atoms with Gasteiger partial charge in [-0.2, -0.15) is 0 Å². The van der Waals surface area contributed by atoms with Gasteiger partial charge < -0.3 is 15.0 Å². The highest BCUT2D eigenvalue weighted by molar-refractivity contribution is 5.96. The molecule has 1 N–H and O–H groups in total. The van der Waals surface area contributed by atoms with Crippen molar-refractivity contribution in [2.75, 3.05) is 25.5 Å². The van der Waals surface area contributed by atoms with Crippen molar-refractivity contribution in [2.45, 2.75) is 26.8 Å². The van der Waals surface area contributed by atoms with Crippen LogP contribution >= 0.6 is 0 Å². The van der Waals surface area contributed by atoms with E-state index in [1.807, 2.05) is 19.1 Å². The predicted molar refractivity (Wildman–Crippen MR) is 112 cm³/mol. The van der Waals surface area contributed by atoms with Crippen LogP contribution in [0.3, 0.4) is 0 Å². The van der Waals surface area contributed by atoms with Crippen molar-refractivity contribution in [2.24, 2.45) is 5.92 Å². The van der Waals surface area contributed by atoms with Crippen LogP contribution < -0.4 is 5.32 Å². The number of nitrogens with one attached hydrogen (secondary N) is 1. The first-order valence-corrected chi connectivity index (χ1v) is 9.61. The van der Waals surface area contributed by atoms with Crippen molar-refractivity contribution in [3.8, 4) is 0 Å². The molecule has 0 spiro atoms. The second-order valence-corrected chi connectivity index (χ2v) is 6.88. The monoisotopic (exact) mass is 414 g/mol. The van der Waals surface area contributed by atoms with Crippen LogP contribution in [0.25, 0.3) is 0 Å². The predicted octanol–water partition coefficient (Wildman–Crippen LogP) is 3.43. The Balaban J connectivity index is 2.25. The topological polar surface area (TPSA) is 115 Å². The number of carbonyl (C=O) groups is 2. The van der Waals surface area contributed by atoms with Gasteiger partial charge in [0.25, 0.3) is 11.6 Å². The number of aromatic nitrogens is 1. The zero-order chi connectivity index (χ0) is 22.3. The number of amides is 1. The molecule has 1 aromatic heterocycles. The molecule has 2 atom stereocenters. The van der Waals surface area contributed by atoms with Gasteiger partial charge in [0.2, 0.25) is 0 Å². The van der Waals surface area contributed by atoms with Crippen LogP contribution in [0.5, 0.6) is 0 Å². The van der Waals surface area contributed by atoms with Gasteiger partial charge in [0, 0.05) is 30.9 Å². The Bertz CT molecular complexity index is 904. The van der Waals surface area contributed by atoms with Gasteiger partial charge in [-0.25, -0.2) is 0 Å². The summed E-state index contributed by atoms with van der Waals surface area (Å²) in [5, 5.41) is 14.7. The van der Waals surface area contributed by atoms with E-state index in [9.17, 15) is 19.7 Å². The molecule has 9 nitrogen and oxygen atoms in total. The Morgan fingerprint density at radius 2 is 2.00 bits per heavy atom. The van der Waals surface area contributed by atoms with Crippen LogP contribution in [0, 0.1) is 16.0 Å². The summed E-state index contributed by atoms with van der Waals surface area (Å²) in [6, 6.07) is 9.49. The third-order valence-electron chi connectivity index (χ3n) is 4.71. The number of anilines is 1. The van der Waals surface area contributed by atoms with Gasteiger partial charge in [-0.05, 0) is 38.1 Å². The maximum Gasteiger partial charge on any atom is 0.310 e. The summed E-state index contributed by atoms with van der Waals surface area (Å²) in [7, 11) is 1.29. The lowest BCUT2D eigenvalue weighted by Crippen LogP contribution is -2.37. The molecule has 0 aliphatic rings. The summed E-state index contributed by atoms with van der Waals surface area (Å²) >= 11 is 0. The van der Waals surface area contributed by atoms with Crippen molar-refractivity contribution < 1.29 is 19.2 Å². The van der Waals surface area contributed by atoms with Crippen LogP contribution in [-0.4, -0.2) is 46.9 Å². The minimum atomic E-state index is -0.530. The summed E-state index contributed by atoms with van der Waals surface area (Å²) in [5.41, 5.74) is 0.999. The highest BCUT2D eigenvalue weighted by Crippen LogP contribution is 2.29. The number of nitrogens with zero attached hydrogens (tertiary/aromatic N) is 3. The second kappa shape index (κ2) is 10.3. The summed E-state index contributed by atoms with van der Waals surface area (Å²) in [6.45, 7) is 5.80. The molecule has 2 aromatic rings. The third-order valence-corrected chi connectivity index (χ3v) is 4.71. The standard InChI is InChI=1S/C21H26N4O5/c1-5-24(13-14(2)21(27)30-4)20(26)16-9-10-18(19(12-16)25(28)29)23-15(3)17-8-6-7-11-22-17/h6-12,14-15,23H,5,13H2,1-4H3. The number of hydrogen-bond acceptors (Lipinski definition) is 7. The SMILES string of the molecule is CCN(CC(C)C(=O)OC)C(=O)c1ccc(NC(C)c2ccccn2)c([N+](=O)[O-])c1. The van der Waals surface area contributed by atoms with E-state index < -0.39 is 16.8 Å². The van der Waals surface area contributed by atoms with E-state index in [0.29, 0.717) is 12.2 Å². The number of ether oxygens (including phenoxy) is 1. The number of pyridine rings is 1. The smallest absolute Gasteiger partial charge is 0.310 e. The average Bonchev–Trinajstić information content (AvgIpc) is 2.76. The molecule has 0 radical (unpaired) electrons. The lowest BCUT2D eigenvalue weighted by atomic mass is 10.1. The van der Waals surface area contributed by atoms with Gasteiger partial charge in [-0.3, -0.25) is 24.7 Å². The summed E-state index contributed by atoms with van der Waals surface area (Å²) in [4.78, 5) is 41.3. The molecule has 0 aliphatic heterocycles. The molecule has 0 saturated carbocycles. The maximum absolute atomic E-state index is 12.9. The zero-order valence-electron chi connectivity index (χ0n) is 17.5. The van der Waals surface area contributed by atoms with E-state index >= 15 is 0 Å². The van der Waals surface area contributed by atoms with E-state index in [0.717, 1.165) is 5.69 Å². The molecule has 0 saturated heterocycles. The molecule has 0 aliphatic carbocycles. The molecular formula is C21H26N4O5. The molecular weight excluding hydrogens is 388 g/mol. The molecule has 2 unspecified atom stereocenters. The minimum absolute atomic E-state index is 0.159. The molecule has 2 rings (SSSR count). The Labute approximate surface area is 175 Å². The van der Waals surface area contributed by atoms with Crippen LogP contribution in [0.4, 0.5) is 11.4 Å². The molecule has 1 aromatic carbocycles. The molecule has 9 heteroatoms. The van der Waals surface area contributed by atoms with Gasteiger partial charge in [0.05, 0.1) is 29.7 Å². The van der Waals surface area contributed by atoms with E-state index in [4.69, 9.17) is 4.74 Å². The average molecular weight is 414 g/mol. The van der Waals surface area contributed by atoms with Crippen LogP contribution in [-0.2, 0) is 9.53 Å². The number of methoxy groups -OCH3 is 1. The zero-order valence-corrected chi connectivity index (χ0v) is 17.5. The number of esters is 1. The summed E-state index contributed by atoms with van der Waals surface area (Å²) < 4.78 is 4.70. The van der Waals surface area contributed by atoms with Crippen molar-refractivity contribution in [3.63, 3.8) is 0 Å². The maximum atomic E-state index is 12.9. The van der Waals surface area contributed by atoms with Gasteiger partial charge in [-0.15, -0.1) is 0 Å².